The van der Waals surface area contributed by atoms with E-state index in [2.05, 4.69) is 27.9 Å². The Bertz CT molecular complexity index is 422. The molecule has 1 amide bonds. The fraction of sp³-hybridized carbons (Fsp3) is 0.417. The quantitative estimate of drug-likeness (QED) is 0.583. The lowest BCUT2D eigenvalue weighted by Crippen LogP contribution is -2.27. The normalized spacial score (nSPS) is 13.1. The first-order chi connectivity index (χ1) is 8.78. The van der Waals surface area contributed by atoms with Crippen molar-refractivity contribution in [1.82, 2.24) is 5.32 Å². The van der Waals surface area contributed by atoms with E-state index in [1.807, 2.05) is 0 Å². The number of hydrogen-bond acceptors (Lipinski definition) is 1. The van der Waals surface area contributed by atoms with Crippen molar-refractivity contribution < 1.29 is 18.0 Å². The lowest BCUT2D eigenvalue weighted by molar-refractivity contribution is -0.134. The van der Waals surface area contributed by atoms with Crippen LogP contribution in [0.1, 0.15) is 23.2 Å². The number of rotatable bonds is 5. The largest absolute Gasteiger partial charge is 0.390 e. The summed E-state index contributed by atoms with van der Waals surface area (Å²) in [5, 5.41) is 1.53. The summed E-state index contributed by atoms with van der Waals surface area (Å²) < 4.78 is 37.1. The number of amides is 1. The van der Waals surface area contributed by atoms with Crippen molar-refractivity contribution in [3.63, 3.8) is 0 Å². The van der Waals surface area contributed by atoms with E-state index in [4.69, 9.17) is 11.6 Å². The van der Waals surface area contributed by atoms with E-state index in [1.165, 1.54) is 0 Å². The summed E-state index contributed by atoms with van der Waals surface area (Å²) in [4.78, 5) is 11.6. The molecular formula is C12H12ClF3INO. The molecule has 0 spiro atoms. The van der Waals surface area contributed by atoms with E-state index < -0.39 is 18.0 Å². The predicted octanol–water partition coefficient (Wildman–Crippen LogP) is 3.97. The first kappa shape index (κ1) is 16.6. The van der Waals surface area contributed by atoms with E-state index in [1.54, 1.807) is 24.3 Å². The standard InChI is InChI=1S/C12H12ClF3INO/c13-9(7-12(14,15)16)5-6-18-11(19)8-1-3-10(17)4-2-8/h1-4,9H,5-7H2,(H,18,19)/t9-/m0/s1. The average Bonchev–Trinajstić information content (AvgIpc) is 2.27. The smallest absolute Gasteiger partial charge is 0.352 e. The van der Waals surface area contributed by atoms with Crippen molar-refractivity contribution >= 4 is 40.1 Å². The van der Waals surface area contributed by atoms with Crippen molar-refractivity contribution in [2.75, 3.05) is 6.54 Å². The predicted molar refractivity (Wildman–Crippen MR) is 76.4 cm³/mol. The molecule has 0 unspecified atom stereocenters. The third kappa shape index (κ3) is 7.00. The van der Waals surface area contributed by atoms with Gasteiger partial charge in [-0.05, 0) is 53.3 Å². The van der Waals surface area contributed by atoms with Crippen LogP contribution < -0.4 is 5.32 Å². The van der Waals surface area contributed by atoms with E-state index >= 15 is 0 Å². The van der Waals surface area contributed by atoms with Crippen molar-refractivity contribution in [3.8, 4) is 0 Å². The summed E-state index contributed by atoms with van der Waals surface area (Å²) in [6.45, 7) is 0.120. The molecule has 1 aromatic carbocycles. The molecule has 0 aliphatic rings. The van der Waals surface area contributed by atoms with E-state index in [9.17, 15) is 18.0 Å². The van der Waals surface area contributed by atoms with Gasteiger partial charge in [-0.1, -0.05) is 0 Å². The fourth-order valence-electron chi connectivity index (χ4n) is 1.40. The maximum atomic E-state index is 12.0. The summed E-state index contributed by atoms with van der Waals surface area (Å²) in [5.74, 6) is -0.313. The van der Waals surface area contributed by atoms with Crippen LogP contribution in [-0.4, -0.2) is 24.0 Å². The van der Waals surface area contributed by atoms with Gasteiger partial charge in [0.2, 0.25) is 0 Å². The van der Waals surface area contributed by atoms with Crippen LogP contribution in [0.5, 0.6) is 0 Å². The average molecular weight is 406 g/mol. The van der Waals surface area contributed by atoms with Gasteiger partial charge < -0.3 is 5.32 Å². The first-order valence-corrected chi connectivity index (χ1v) is 7.04. The van der Waals surface area contributed by atoms with Gasteiger partial charge in [0.05, 0.1) is 6.42 Å². The highest BCUT2D eigenvalue weighted by molar-refractivity contribution is 14.1. The van der Waals surface area contributed by atoms with Crippen LogP contribution in [0, 0.1) is 3.57 Å². The highest BCUT2D eigenvalue weighted by Gasteiger charge is 2.30. The number of alkyl halides is 4. The highest BCUT2D eigenvalue weighted by Crippen LogP contribution is 2.25. The number of carbonyl (C=O) groups is 1. The third-order valence-electron chi connectivity index (χ3n) is 2.30. The summed E-state index contributed by atoms with van der Waals surface area (Å²) in [6, 6.07) is 6.88. The topological polar surface area (TPSA) is 29.1 Å². The van der Waals surface area contributed by atoms with Gasteiger partial charge in [0.25, 0.3) is 5.91 Å². The molecule has 1 N–H and O–H groups in total. The van der Waals surface area contributed by atoms with Crippen molar-refractivity contribution in [1.29, 1.82) is 0 Å². The zero-order valence-corrected chi connectivity index (χ0v) is 12.7. The Morgan fingerprint density at radius 2 is 1.89 bits per heavy atom. The molecule has 0 aromatic heterocycles. The Morgan fingerprint density at radius 1 is 1.32 bits per heavy atom. The first-order valence-electron chi connectivity index (χ1n) is 5.52. The molecule has 0 aliphatic heterocycles. The maximum Gasteiger partial charge on any atom is 0.390 e. The number of nitrogens with one attached hydrogen (secondary N) is 1. The molecular weight excluding hydrogens is 393 g/mol. The molecule has 7 heteroatoms. The Morgan fingerprint density at radius 3 is 2.42 bits per heavy atom. The summed E-state index contributed by atoms with van der Waals surface area (Å²) in [6.07, 6.45) is -5.24. The molecule has 1 atom stereocenters. The fourth-order valence-corrected chi connectivity index (χ4v) is 2.04. The summed E-state index contributed by atoms with van der Waals surface area (Å²) in [5.41, 5.74) is 0.474. The van der Waals surface area contributed by atoms with Crippen LogP contribution in [0.15, 0.2) is 24.3 Å². The van der Waals surface area contributed by atoms with Gasteiger partial charge in [-0.3, -0.25) is 4.79 Å². The second kappa shape index (κ2) is 7.33. The van der Waals surface area contributed by atoms with Crippen LogP contribution in [0.25, 0.3) is 0 Å². The number of benzene rings is 1. The molecule has 0 bridgehead atoms. The molecule has 0 fully saturated rings. The Kier molecular flexibility index (Phi) is 6.38. The van der Waals surface area contributed by atoms with E-state index in [0.29, 0.717) is 5.56 Å². The van der Waals surface area contributed by atoms with Crippen molar-refractivity contribution in [2.24, 2.45) is 0 Å². The number of halogens is 5. The molecule has 0 radical (unpaired) electrons. The molecule has 1 rings (SSSR count). The summed E-state index contributed by atoms with van der Waals surface area (Å²) >= 11 is 7.66. The van der Waals surface area contributed by atoms with Gasteiger partial charge in [0, 0.05) is 21.1 Å². The zero-order valence-electron chi connectivity index (χ0n) is 9.81. The van der Waals surface area contributed by atoms with Crippen molar-refractivity contribution in [3.05, 3.63) is 33.4 Å². The Hall–Kier alpha value is -0.500. The lowest BCUT2D eigenvalue weighted by Gasteiger charge is -2.12. The molecule has 0 heterocycles. The minimum atomic E-state index is -4.27. The zero-order chi connectivity index (χ0) is 14.5. The lowest BCUT2D eigenvalue weighted by atomic mass is 10.2. The highest BCUT2D eigenvalue weighted by atomic mass is 127. The molecule has 0 saturated heterocycles. The van der Waals surface area contributed by atoms with E-state index in [0.717, 1.165) is 3.57 Å². The minimum absolute atomic E-state index is 0.0805. The van der Waals surface area contributed by atoms with Gasteiger partial charge in [0.1, 0.15) is 0 Å². The Balaban J connectivity index is 2.33. The van der Waals surface area contributed by atoms with Gasteiger partial charge >= 0.3 is 6.18 Å². The van der Waals surface area contributed by atoms with E-state index in [-0.39, 0.29) is 18.9 Å². The second-order valence-electron chi connectivity index (χ2n) is 3.97. The van der Waals surface area contributed by atoms with Gasteiger partial charge in [-0.2, -0.15) is 13.2 Å². The number of carbonyl (C=O) groups excluding carboxylic acids is 1. The van der Waals surface area contributed by atoms with Crippen LogP contribution >= 0.6 is 34.2 Å². The van der Waals surface area contributed by atoms with Crippen LogP contribution in [0.4, 0.5) is 13.2 Å². The maximum absolute atomic E-state index is 12.0. The van der Waals surface area contributed by atoms with Gasteiger partial charge in [0.15, 0.2) is 0 Å². The molecule has 106 valence electrons. The molecule has 1 aromatic rings. The van der Waals surface area contributed by atoms with Crippen LogP contribution in [-0.2, 0) is 0 Å². The van der Waals surface area contributed by atoms with Crippen LogP contribution in [0.2, 0.25) is 0 Å². The minimum Gasteiger partial charge on any atom is -0.352 e. The third-order valence-corrected chi connectivity index (χ3v) is 3.39. The molecule has 0 aliphatic carbocycles. The second-order valence-corrected chi connectivity index (χ2v) is 5.83. The number of hydrogen-bond donors (Lipinski definition) is 1. The van der Waals surface area contributed by atoms with Crippen molar-refractivity contribution in [2.45, 2.75) is 24.4 Å². The van der Waals surface area contributed by atoms with Gasteiger partial charge in [-0.15, -0.1) is 11.6 Å². The Labute approximate surface area is 127 Å². The molecule has 0 saturated carbocycles. The SMILES string of the molecule is O=C(NCC[C@H](Cl)CC(F)(F)F)c1ccc(I)cc1. The monoisotopic (exact) mass is 405 g/mol. The summed E-state index contributed by atoms with van der Waals surface area (Å²) in [7, 11) is 0. The molecule has 19 heavy (non-hydrogen) atoms. The van der Waals surface area contributed by atoms with Gasteiger partial charge in [-0.25, -0.2) is 0 Å². The van der Waals surface area contributed by atoms with Crippen LogP contribution in [0.3, 0.4) is 0 Å². The molecule has 2 nitrogen and oxygen atoms in total.